The van der Waals surface area contributed by atoms with Crippen LogP contribution in [0.4, 0.5) is 31.2 Å². The molecule has 1 fully saturated rings. The molecule has 0 spiro atoms. The van der Waals surface area contributed by atoms with E-state index in [1.807, 2.05) is 6.92 Å². The minimum absolute atomic E-state index is 0.0766. The van der Waals surface area contributed by atoms with Gasteiger partial charge in [0.15, 0.2) is 5.82 Å². The zero-order chi connectivity index (χ0) is 32.1. The van der Waals surface area contributed by atoms with Crippen molar-refractivity contribution in [3.63, 3.8) is 0 Å². The minimum atomic E-state index is -0.702. The van der Waals surface area contributed by atoms with E-state index in [9.17, 15) is 14.0 Å². The third-order valence-corrected chi connectivity index (χ3v) is 7.10. The summed E-state index contributed by atoms with van der Waals surface area (Å²) in [5.74, 6) is 0.577. The standard InChI is InChI=1S/C31H34ClFN6O6/c1-19-25(37-29(40)44-17-23-16-42-11-10-38(23)30(41)45-31(2,3)4)14-39-27(19)28(34-18-35-39)36-22-8-9-26(24(32)13-22)43-15-20-6-5-7-21(33)12-20/h5-9,12-14,18,23H,10-11,15-17H2,1-4H3,(H,37,40)(H,34,35,36)/t23-/m1/s1. The van der Waals surface area contributed by atoms with Gasteiger partial charge in [0.25, 0.3) is 0 Å². The summed E-state index contributed by atoms with van der Waals surface area (Å²) in [5, 5.41) is 10.6. The first kappa shape index (κ1) is 31.8. The molecule has 1 atom stereocenters. The van der Waals surface area contributed by atoms with Crippen molar-refractivity contribution in [2.75, 3.05) is 37.0 Å². The number of morpholine rings is 1. The van der Waals surface area contributed by atoms with E-state index < -0.39 is 23.8 Å². The highest BCUT2D eigenvalue weighted by Gasteiger charge is 2.32. The lowest BCUT2D eigenvalue weighted by molar-refractivity contribution is -0.0453. The van der Waals surface area contributed by atoms with Gasteiger partial charge >= 0.3 is 12.2 Å². The first-order chi connectivity index (χ1) is 21.5. The summed E-state index contributed by atoms with van der Waals surface area (Å²) in [5.41, 5.74) is 2.43. The summed E-state index contributed by atoms with van der Waals surface area (Å²) in [6, 6.07) is 10.8. The van der Waals surface area contributed by atoms with Crippen LogP contribution in [-0.2, 0) is 20.8 Å². The largest absolute Gasteiger partial charge is 0.487 e. The third kappa shape index (κ3) is 8.11. The number of fused-ring (bicyclic) bond motifs is 1. The van der Waals surface area contributed by atoms with Crippen molar-refractivity contribution in [2.45, 2.75) is 45.9 Å². The van der Waals surface area contributed by atoms with Crippen molar-refractivity contribution in [1.82, 2.24) is 19.5 Å². The lowest BCUT2D eigenvalue weighted by Gasteiger charge is -2.36. The fourth-order valence-corrected chi connectivity index (χ4v) is 4.91. The molecular formula is C31H34ClFN6O6. The molecule has 3 heterocycles. The van der Waals surface area contributed by atoms with Gasteiger partial charge in [-0.05, 0) is 63.6 Å². The molecule has 2 aromatic heterocycles. The molecule has 2 N–H and O–H groups in total. The number of benzene rings is 2. The Morgan fingerprint density at radius 1 is 1.20 bits per heavy atom. The van der Waals surface area contributed by atoms with Crippen molar-refractivity contribution >= 4 is 46.5 Å². The number of halogens is 2. The van der Waals surface area contributed by atoms with Crippen LogP contribution in [0.2, 0.25) is 5.02 Å². The van der Waals surface area contributed by atoms with Crippen molar-refractivity contribution in [2.24, 2.45) is 0 Å². The molecule has 4 aromatic rings. The van der Waals surface area contributed by atoms with E-state index in [0.29, 0.717) is 57.8 Å². The van der Waals surface area contributed by atoms with E-state index in [-0.39, 0.29) is 25.6 Å². The molecule has 0 saturated carbocycles. The summed E-state index contributed by atoms with van der Waals surface area (Å²) in [6.45, 7) is 8.19. The van der Waals surface area contributed by atoms with Crippen LogP contribution >= 0.6 is 11.6 Å². The highest BCUT2D eigenvalue weighted by Crippen LogP contribution is 2.32. The van der Waals surface area contributed by atoms with Crippen LogP contribution < -0.4 is 15.4 Å². The maximum Gasteiger partial charge on any atom is 0.411 e. The van der Waals surface area contributed by atoms with Crippen molar-refractivity contribution in [1.29, 1.82) is 0 Å². The smallest absolute Gasteiger partial charge is 0.411 e. The van der Waals surface area contributed by atoms with Gasteiger partial charge in [-0.3, -0.25) is 10.2 Å². The van der Waals surface area contributed by atoms with E-state index in [4.69, 9.17) is 30.5 Å². The number of carbonyl (C=O) groups is 2. The molecule has 0 unspecified atom stereocenters. The van der Waals surface area contributed by atoms with Gasteiger partial charge in [-0.15, -0.1) is 0 Å². The Labute approximate surface area is 264 Å². The Morgan fingerprint density at radius 2 is 2.02 bits per heavy atom. The van der Waals surface area contributed by atoms with Gasteiger partial charge < -0.3 is 24.3 Å². The maximum absolute atomic E-state index is 13.5. The molecule has 0 aliphatic carbocycles. The second-order valence-electron chi connectivity index (χ2n) is 11.4. The van der Waals surface area contributed by atoms with Crippen LogP contribution in [-0.4, -0.2) is 69.7 Å². The summed E-state index contributed by atoms with van der Waals surface area (Å²) in [4.78, 5) is 31.3. The van der Waals surface area contributed by atoms with Gasteiger partial charge in [0, 0.05) is 17.8 Å². The van der Waals surface area contributed by atoms with Crippen LogP contribution in [0.3, 0.4) is 0 Å². The number of rotatable bonds is 8. The number of ether oxygens (including phenoxy) is 4. The number of hydrogen-bond donors (Lipinski definition) is 2. The zero-order valence-corrected chi connectivity index (χ0v) is 26.1. The van der Waals surface area contributed by atoms with Crippen LogP contribution in [0, 0.1) is 12.7 Å². The van der Waals surface area contributed by atoms with Crippen LogP contribution in [0.15, 0.2) is 55.0 Å². The topological polar surface area (TPSA) is 129 Å². The normalized spacial score (nSPS) is 15.1. The molecule has 12 nitrogen and oxygen atoms in total. The Hall–Kier alpha value is -4.62. The van der Waals surface area contributed by atoms with Gasteiger partial charge in [-0.2, -0.15) is 5.10 Å². The van der Waals surface area contributed by atoms with Crippen molar-refractivity contribution in [3.8, 4) is 5.75 Å². The van der Waals surface area contributed by atoms with Crippen LogP contribution in [0.5, 0.6) is 5.75 Å². The molecule has 238 valence electrons. The molecule has 0 radical (unpaired) electrons. The lowest BCUT2D eigenvalue weighted by atomic mass is 10.2. The average Bonchev–Trinajstić information content (AvgIpc) is 3.30. The molecule has 1 saturated heterocycles. The summed E-state index contributed by atoms with van der Waals surface area (Å²) in [6.07, 6.45) is 1.84. The molecule has 45 heavy (non-hydrogen) atoms. The maximum atomic E-state index is 13.5. The van der Waals surface area contributed by atoms with E-state index in [1.165, 1.54) is 23.4 Å². The number of amides is 2. The fourth-order valence-electron chi connectivity index (χ4n) is 4.67. The Morgan fingerprint density at radius 3 is 2.78 bits per heavy atom. The molecule has 2 amide bonds. The predicted molar refractivity (Wildman–Crippen MR) is 166 cm³/mol. The molecule has 1 aliphatic rings. The van der Waals surface area contributed by atoms with E-state index in [1.54, 1.807) is 61.8 Å². The Kier molecular flexibility index (Phi) is 9.59. The van der Waals surface area contributed by atoms with Crippen LogP contribution in [0.1, 0.15) is 31.9 Å². The number of anilines is 3. The number of carbonyl (C=O) groups excluding carboxylic acids is 2. The van der Waals surface area contributed by atoms with Gasteiger partial charge in [0.1, 0.15) is 42.2 Å². The minimum Gasteiger partial charge on any atom is -0.487 e. The molecule has 1 aliphatic heterocycles. The van der Waals surface area contributed by atoms with Gasteiger partial charge in [0.05, 0.1) is 36.2 Å². The van der Waals surface area contributed by atoms with Crippen molar-refractivity contribution in [3.05, 3.63) is 77.0 Å². The monoisotopic (exact) mass is 640 g/mol. The first-order valence-corrected chi connectivity index (χ1v) is 14.6. The number of nitrogens with one attached hydrogen (secondary N) is 2. The third-order valence-electron chi connectivity index (χ3n) is 6.80. The van der Waals surface area contributed by atoms with E-state index in [0.717, 1.165) is 0 Å². The number of aromatic nitrogens is 3. The van der Waals surface area contributed by atoms with E-state index in [2.05, 4.69) is 20.7 Å². The molecule has 5 rings (SSSR count). The second-order valence-corrected chi connectivity index (χ2v) is 11.8. The first-order valence-electron chi connectivity index (χ1n) is 14.2. The highest BCUT2D eigenvalue weighted by molar-refractivity contribution is 6.32. The SMILES string of the molecule is Cc1c(NC(=O)OC[C@H]2COCCN2C(=O)OC(C)(C)C)cn2ncnc(Nc3ccc(OCc4cccc(F)c4)c(Cl)c3)c12. The Balaban J connectivity index is 1.22. The molecular weight excluding hydrogens is 607 g/mol. The molecule has 0 bridgehead atoms. The zero-order valence-electron chi connectivity index (χ0n) is 25.3. The average molecular weight is 641 g/mol. The summed E-state index contributed by atoms with van der Waals surface area (Å²) < 4.78 is 37.3. The second kappa shape index (κ2) is 13.6. The van der Waals surface area contributed by atoms with E-state index >= 15 is 0 Å². The number of aryl methyl sites for hydroxylation is 1. The van der Waals surface area contributed by atoms with Crippen LogP contribution in [0.25, 0.3) is 5.52 Å². The fraction of sp³-hybridized carbons (Fsp3) is 0.355. The number of nitrogens with zero attached hydrogens (tertiary/aromatic N) is 4. The highest BCUT2D eigenvalue weighted by atomic mass is 35.5. The molecule has 2 aromatic carbocycles. The van der Waals surface area contributed by atoms with Gasteiger partial charge in [0.2, 0.25) is 0 Å². The van der Waals surface area contributed by atoms with Gasteiger partial charge in [-0.25, -0.2) is 23.5 Å². The van der Waals surface area contributed by atoms with Crippen molar-refractivity contribution < 1.29 is 32.9 Å². The number of hydrogen-bond acceptors (Lipinski definition) is 9. The molecule has 14 heteroatoms. The predicted octanol–water partition coefficient (Wildman–Crippen LogP) is 6.34. The lowest BCUT2D eigenvalue weighted by Crippen LogP contribution is -2.52. The quantitative estimate of drug-likeness (QED) is 0.227. The summed E-state index contributed by atoms with van der Waals surface area (Å²) >= 11 is 6.47. The summed E-state index contributed by atoms with van der Waals surface area (Å²) in [7, 11) is 0. The van der Waals surface area contributed by atoms with Gasteiger partial charge in [-0.1, -0.05) is 23.7 Å². The Bertz CT molecular complexity index is 1690.